The lowest BCUT2D eigenvalue weighted by molar-refractivity contribution is 0.211. The first kappa shape index (κ1) is 17.4. The summed E-state index contributed by atoms with van der Waals surface area (Å²) in [5.74, 6) is 1.46. The summed E-state index contributed by atoms with van der Waals surface area (Å²) in [6.07, 6.45) is 0. The van der Waals surface area contributed by atoms with Crippen LogP contribution in [0.25, 0.3) is 0 Å². The molecule has 0 spiro atoms. The van der Waals surface area contributed by atoms with Gasteiger partial charge in [-0.25, -0.2) is 0 Å². The van der Waals surface area contributed by atoms with Crippen LogP contribution in [0.2, 0.25) is 19.6 Å². The number of benzene rings is 1. The van der Waals surface area contributed by atoms with Gasteiger partial charge in [-0.3, -0.25) is 4.90 Å². The smallest absolute Gasteiger partial charge is 0.0775 e. The van der Waals surface area contributed by atoms with Crippen molar-refractivity contribution in [2.45, 2.75) is 53.9 Å². The van der Waals surface area contributed by atoms with Gasteiger partial charge in [-0.15, -0.1) is 0 Å². The molecule has 1 nitrogen and oxygen atoms in total. The van der Waals surface area contributed by atoms with Crippen LogP contribution < -0.4 is 5.19 Å². The van der Waals surface area contributed by atoms with Gasteiger partial charge in [0.2, 0.25) is 0 Å². The molecule has 0 heterocycles. The molecule has 0 unspecified atom stereocenters. The van der Waals surface area contributed by atoms with E-state index in [1.807, 2.05) is 0 Å². The van der Waals surface area contributed by atoms with E-state index in [2.05, 4.69) is 76.5 Å². The molecule has 0 aliphatic carbocycles. The summed E-state index contributed by atoms with van der Waals surface area (Å²) in [5, 5.41) is 1.56. The first-order valence-electron chi connectivity index (χ1n) is 8.00. The van der Waals surface area contributed by atoms with Crippen LogP contribution in [0.1, 0.15) is 33.3 Å². The molecule has 0 atom stereocenters. The maximum atomic E-state index is 2.60. The Morgan fingerprint density at radius 3 is 1.65 bits per heavy atom. The summed E-state index contributed by atoms with van der Waals surface area (Å²) in [4.78, 5) is 2.60. The quantitative estimate of drug-likeness (QED) is 0.675. The van der Waals surface area contributed by atoms with Crippen molar-refractivity contribution in [2.24, 2.45) is 11.8 Å². The monoisotopic (exact) mass is 291 g/mol. The van der Waals surface area contributed by atoms with Crippen LogP contribution in [0.3, 0.4) is 0 Å². The maximum Gasteiger partial charge on any atom is 0.0775 e. The molecule has 0 fully saturated rings. The SMILES string of the molecule is CC(C)CN(Cc1ccc([Si](C)(C)C)cc1)CC(C)C. The molecule has 1 aromatic rings. The van der Waals surface area contributed by atoms with Crippen LogP contribution in [0, 0.1) is 11.8 Å². The zero-order valence-corrected chi connectivity index (χ0v) is 15.5. The third-order valence-corrected chi connectivity index (χ3v) is 5.54. The standard InChI is InChI=1S/C18H33NSi/c1-15(2)12-19(13-16(3)4)14-17-8-10-18(11-9-17)20(5,6)7/h8-11,15-16H,12-14H2,1-7H3. The molecular weight excluding hydrogens is 258 g/mol. The van der Waals surface area contributed by atoms with E-state index < -0.39 is 8.07 Å². The summed E-state index contributed by atoms with van der Waals surface area (Å²) >= 11 is 0. The maximum absolute atomic E-state index is 2.60. The van der Waals surface area contributed by atoms with Crippen LogP contribution in [0.5, 0.6) is 0 Å². The molecular formula is C18H33NSi. The summed E-state index contributed by atoms with van der Waals surface area (Å²) in [6.45, 7) is 19.9. The van der Waals surface area contributed by atoms with Crippen molar-refractivity contribution in [2.75, 3.05) is 13.1 Å². The average Bonchev–Trinajstić information content (AvgIpc) is 2.26. The van der Waals surface area contributed by atoms with Crippen molar-refractivity contribution >= 4 is 13.3 Å². The molecule has 0 aliphatic heterocycles. The lowest BCUT2D eigenvalue weighted by atomic mass is 10.1. The average molecular weight is 292 g/mol. The zero-order valence-electron chi connectivity index (χ0n) is 14.5. The minimum absolute atomic E-state index is 0.731. The van der Waals surface area contributed by atoms with Crippen molar-refractivity contribution in [3.05, 3.63) is 29.8 Å². The molecule has 0 bridgehead atoms. The van der Waals surface area contributed by atoms with E-state index in [1.54, 1.807) is 5.19 Å². The number of nitrogens with zero attached hydrogens (tertiary/aromatic N) is 1. The van der Waals surface area contributed by atoms with Crippen molar-refractivity contribution < 1.29 is 0 Å². The molecule has 20 heavy (non-hydrogen) atoms. The van der Waals surface area contributed by atoms with E-state index in [9.17, 15) is 0 Å². The third kappa shape index (κ3) is 6.23. The minimum Gasteiger partial charge on any atom is -0.299 e. The van der Waals surface area contributed by atoms with E-state index in [1.165, 1.54) is 18.7 Å². The van der Waals surface area contributed by atoms with Gasteiger partial charge in [0.25, 0.3) is 0 Å². The Bertz CT molecular complexity index is 377. The first-order chi connectivity index (χ1) is 9.18. The largest absolute Gasteiger partial charge is 0.299 e. The fourth-order valence-electron chi connectivity index (χ4n) is 2.60. The molecule has 0 saturated heterocycles. The Labute approximate surface area is 127 Å². The second kappa shape index (κ2) is 7.42. The normalized spacial score (nSPS) is 12.7. The van der Waals surface area contributed by atoms with Crippen LogP contribution in [0.15, 0.2) is 24.3 Å². The van der Waals surface area contributed by atoms with Gasteiger partial charge in [-0.2, -0.15) is 0 Å². The van der Waals surface area contributed by atoms with Gasteiger partial charge in [0.05, 0.1) is 8.07 Å². The molecule has 114 valence electrons. The fraction of sp³-hybridized carbons (Fsp3) is 0.667. The van der Waals surface area contributed by atoms with Gasteiger partial charge in [0.15, 0.2) is 0 Å². The van der Waals surface area contributed by atoms with E-state index in [-0.39, 0.29) is 0 Å². The van der Waals surface area contributed by atoms with Gasteiger partial charge >= 0.3 is 0 Å². The fourth-order valence-corrected chi connectivity index (χ4v) is 3.77. The minimum atomic E-state index is -1.16. The van der Waals surface area contributed by atoms with Crippen molar-refractivity contribution in [1.82, 2.24) is 4.90 Å². The summed E-state index contributed by atoms with van der Waals surface area (Å²) in [7, 11) is -1.16. The van der Waals surface area contributed by atoms with E-state index in [0.29, 0.717) is 0 Å². The summed E-state index contributed by atoms with van der Waals surface area (Å²) in [5.41, 5.74) is 1.45. The molecule has 0 saturated carbocycles. The predicted molar refractivity (Wildman–Crippen MR) is 94.4 cm³/mol. The molecule has 0 radical (unpaired) electrons. The highest BCUT2D eigenvalue weighted by Crippen LogP contribution is 2.11. The molecule has 0 aliphatic rings. The summed E-state index contributed by atoms with van der Waals surface area (Å²) < 4.78 is 0. The van der Waals surface area contributed by atoms with Gasteiger partial charge in [0, 0.05) is 19.6 Å². The Morgan fingerprint density at radius 1 is 0.850 bits per heavy atom. The molecule has 1 rings (SSSR count). The molecule has 1 aromatic carbocycles. The van der Waals surface area contributed by atoms with Gasteiger partial charge < -0.3 is 0 Å². The lowest BCUT2D eigenvalue weighted by Crippen LogP contribution is -2.37. The molecule has 2 heteroatoms. The van der Waals surface area contributed by atoms with Crippen LogP contribution in [-0.2, 0) is 6.54 Å². The van der Waals surface area contributed by atoms with Crippen LogP contribution in [-0.4, -0.2) is 26.1 Å². The number of rotatable bonds is 7. The topological polar surface area (TPSA) is 3.24 Å². The number of hydrogen-bond donors (Lipinski definition) is 0. The highest BCUT2D eigenvalue weighted by Gasteiger charge is 2.16. The second-order valence-electron chi connectivity index (χ2n) is 7.93. The molecule has 0 aromatic heterocycles. The molecule has 0 N–H and O–H groups in total. The highest BCUT2D eigenvalue weighted by atomic mass is 28.3. The zero-order chi connectivity index (χ0) is 15.3. The third-order valence-electron chi connectivity index (χ3n) is 3.47. The lowest BCUT2D eigenvalue weighted by Gasteiger charge is -2.26. The van der Waals surface area contributed by atoms with Crippen molar-refractivity contribution in [3.8, 4) is 0 Å². The Kier molecular flexibility index (Phi) is 6.47. The second-order valence-corrected chi connectivity index (χ2v) is 13.0. The van der Waals surface area contributed by atoms with Crippen LogP contribution >= 0.6 is 0 Å². The molecule has 0 amide bonds. The van der Waals surface area contributed by atoms with E-state index in [0.717, 1.165) is 18.4 Å². The Hall–Kier alpha value is -0.603. The van der Waals surface area contributed by atoms with Gasteiger partial charge in [-0.1, -0.05) is 76.8 Å². The highest BCUT2D eigenvalue weighted by molar-refractivity contribution is 6.88. The van der Waals surface area contributed by atoms with Crippen LogP contribution in [0.4, 0.5) is 0 Å². The van der Waals surface area contributed by atoms with Gasteiger partial charge in [0.1, 0.15) is 0 Å². The van der Waals surface area contributed by atoms with Gasteiger partial charge in [-0.05, 0) is 17.4 Å². The van der Waals surface area contributed by atoms with Crippen molar-refractivity contribution in [1.29, 1.82) is 0 Å². The Balaban J connectivity index is 2.73. The predicted octanol–water partition coefficient (Wildman–Crippen LogP) is 4.35. The van der Waals surface area contributed by atoms with E-state index >= 15 is 0 Å². The van der Waals surface area contributed by atoms with E-state index in [4.69, 9.17) is 0 Å². The Morgan fingerprint density at radius 2 is 1.30 bits per heavy atom. The summed E-state index contributed by atoms with van der Waals surface area (Å²) in [6, 6.07) is 9.37. The van der Waals surface area contributed by atoms with Crippen molar-refractivity contribution in [3.63, 3.8) is 0 Å². The first-order valence-corrected chi connectivity index (χ1v) is 11.5. The number of hydrogen-bond acceptors (Lipinski definition) is 1.